The molecule has 28 heavy (non-hydrogen) atoms. The highest BCUT2D eigenvalue weighted by Crippen LogP contribution is 2.27. The van der Waals surface area contributed by atoms with E-state index in [0.717, 1.165) is 0 Å². The number of hydrogen-bond acceptors (Lipinski definition) is 9. The molecule has 0 bridgehead atoms. The first-order valence-electron chi connectivity index (χ1n) is 8.42. The van der Waals surface area contributed by atoms with Gasteiger partial charge in [-0.25, -0.2) is 19.2 Å². The molecule has 0 spiro atoms. The Bertz CT molecular complexity index is 508. The van der Waals surface area contributed by atoms with Gasteiger partial charge in [-0.05, 0) is 6.92 Å². The SMILES string of the molecule is C=C(COCCOCCOCCOCCOC(=O)NP(=O)(O)O)C(=O)OCC. The molecule has 0 saturated carbocycles. The van der Waals surface area contributed by atoms with Crippen LogP contribution in [0.25, 0.3) is 0 Å². The maximum atomic E-state index is 11.3. The third-order valence-electron chi connectivity index (χ3n) is 2.65. The molecule has 13 heteroatoms. The number of esters is 1. The van der Waals surface area contributed by atoms with Gasteiger partial charge in [0.15, 0.2) is 0 Å². The van der Waals surface area contributed by atoms with E-state index < -0.39 is 19.8 Å². The normalized spacial score (nSPS) is 11.1. The molecule has 0 heterocycles. The van der Waals surface area contributed by atoms with Crippen molar-refractivity contribution >= 4 is 19.8 Å². The molecule has 164 valence electrons. The standard InChI is InChI=1S/C15H28NO11P/c1-3-26-14(17)13(2)12-25-9-8-23-5-4-22-6-7-24-10-11-27-15(18)16-28(19,20)21/h2-12H2,1H3,(H3,16,18,19,20,21). The lowest BCUT2D eigenvalue weighted by molar-refractivity contribution is -0.139. The number of rotatable bonds is 17. The summed E-state index contributed by atoms with van der Waals surface area (Å²) in [5, 5.41) is 1.36. The third-order valence-corrected chi connectivity index (χ3v) is 3.13. The lowest BCUT2D eigenvalue weighted by Crippen LogP contribution is -2.23. The van der Waals surface area contributed by atoms with Crippen LogP contribution in [0.4, 0.5) is 4.79 Å². The average Bonchev–Trinajstić information content (AvgIpc) is 2.60. The Hall–Kier alpha value is -1.53. The van der Waals surface area contributed by atoms with Gasteiger partial charge in [-0.2, -0.15) is 0 Å². The second kappa shape index (κ2) is 16.4. The first kappa shape index (κ1) is 26.5. The van der Waals surface area contributed by atoms with Gasteiger partial charge in [0.1, 0.15) is 6.61 Å². The van der Waals surface area contributed by atoms with Crippen LogP contribution in [0.3, 0.4) is 0 Å². The molecule has 0 saturated heterocycles. The summed E-state index contributed by atoms with van der Waals surface area (Å²) in [4.78, 5) is 39.1. The van der Waals surface area contributed by atoms with Crippen molar-refractivity contribution < 1.29 is 52.4 Å². The maximum absolute atomic E-state index is 11.3. The number of amides is 1. The van der Waals surface area contributed by atoms with Crippen molar-refractivity contribution in [1.82, 2.24) is 5.09 Å². The van der Waals surface area contributed by atoms with Gasteiger partial charge in [0.05, 0.1) is 65.0 Å². The van der Waals surface area contributed by atoms with Gasteiger partial charge in [-0.1, -0.05) is 6.58 Å². The van der Waals surface area contributed by atoms with Gasteiger partial charge in [-0.15, -0.1) is 0 Å². The van der Waals surface area contributed by atoms with Crippen LogP contribution in [-0.2, 0) is 37.8 Å². The quantitative estimate of drug-likeness (QED) is 0.124. The third kappa shape index (κ3) is 17.9. The van der Waals surface area contributed by atoms with Crippen molar-refractivity contribution in [3.05, 3.63) is 12.2 Å². The molecule has 0 aliphatic heterocycles. The highest BCUT2D eigenvalue weighted by molar-refractivity contribution is 7.50. The zero-order chi connectivity index (χ0) is 21.3. The number of nitrogens with one attached hydrogen (secondary N) is 1. The average molecular weight is 429 g/mol. The summed E-state index contributed by atoms with van der Waals surface area (Å²) in [6.07, 6.45) is -1.22. The molecule has 0 radical (unpaired) electrons. The van der Waals surface area contributed by atoms with E-state index in [1.54, 1.807) is 6.92 Å². The largest absolute Gasteiger partial charge is 0.463 e. The predicted molar refractivity (Wildman–Crippen MR) is 95.6 cm³/mol. The minimum Gasteiger partial charge on any atom is -0.463 e. The smallest absolute Gasteiger partial charge is 0.432 e. The molecule has 0 rings (SSSR count). The second-order valence-electron chi connectivity index (χ2n) is 5.01. The molecule has 0 aliphatic rings. The monoisotopic (exact) mass is 429 g/mol. The Kier molecular flexibility index (Phi) is 15.5. The lowest BCUT2D eigenvalue weighted by atomic mass is 10.3. The van der Waals surface area contributed by atoms with Crippen LogP contribution in [0.2, 0.25) is 0 Å². The van der Waals surface area contributed by atoms with Gasteiger partial charge in [0.25, 0.3) is 0 Å². The van der Waals surface area contributed by atoms with Gasteiger partial charge < -0.3 is 38.2 Å². The fourth-order valence-corrected chi connectivity index (χ4v) is 1.79. The molecular weight excluding hydrogens is 401 g/mol. The highest BCUT2D eigenvalue weighted by atomic mass is 31.2. The van der Waals surface area contributed by atoms with Gasteiger partial charge >= 0.3 is 19.8 Å². The van der Waals surface area contributed by atoms with Gasteiger partial charge in [0.2, 0.25) is 0 Å². The minimum absolute atomic E-state index is 0.0584. The van der Waals surface area contributed by atoms with Crippen molar-refractivity contribution in [3.63, 3.8) is 0 Å². The molecule has 3 N–H and O–H groups in total. The molecule has 1 amide bonds. The van der Waals surface area contributed by atoms with Crippen LogP contribution >= 0.6 is 7.75 Å². The summed E-state index contributed by atoms with van der Waals surface area (Å²) in [6.45, 7) is 7.44. The van der Waals surface area contributed by atoms with Crippen LogP contribution in [0.15, 0.2) is 12.2 Å². The van der Waals surface area contributed by atoms with E-state index in [4.69, 9.17) is 33.5 Å². The van der Waals surface area contributed by atoms with E-state index in [0.29, 0.717) is 33.0 Å². The zero-order valence-corrected chi connectivity index (χ0v) is 16.7. The fourth-order valence-electron chi connectivity index (χ4n) is 1.49. The van der Waals surface area contributed by atoms with Gasteiger partial charge in [-0.3, -0.25) is 0 Å². The molecular formula is C15H28NO11P. The predicted octanol–water partition coefficient (Wildman–Crippen LogP) is -0.00900. The summed E-state index contributed by atoms with van der Waals surface area (Å²) >= 11 is 0. The van der Waals surface area contributed by atoms with Crippen molar-refractivity contribution in [2.45, 2.75) is 6.92 Å². The van der Waals surface area contributed by atoms with Crippen molar-refractivity contribution in [1.29, 1.82) is 0 Å². The molecule has 0 aromatic heterocycles. The van der Waals surface area contributed by atoms with E-state index in [1.165, 1.54) is 5.09 Å². The molecule has 12 nitrogen and oxygen atoms in total. The zero-order valence-electron chi connectivity index (χ0n) is 15.8. The molecule has 0 aromatic carbocycles. The van der Waals surface area contributed by atoms with E-state index in [-0.39, 0.29) is 38.6 Å². The molecule has 0 fully saturated rings. The van der Waals surface area contributed by atoms with E-state index >= 15 is 0 Å². The fraction of sp³-hybridized carbons (Fsp3) is 0.733. The maximum Gasteiger partial charge on any atom is 0.432 e. The topological polar surface area (TPSA) is 159 Å². The van der Waals surface area contributed by atoms with Crippen LogP contribution in [0.5, 0.6) is 0 Å². The Morgan fingerprint density at radius 1 is 0.857 bits per heavy atom. The van der Waals surface area contributed by atoms with Crippen molar-refractivity contribution in [3.8, 4) is 0 Å². The molecule has 0 unspecified atom stereocenters. The molecule has 0 atom stereocenters. The van der Waals surface area contributed by atoms with Crippen molar-refractivity contribution in [2.75, 3.05) is 66.1 Å². The van der Waals surface area contributed by atoms with Crippen LogP contribution in [0, 0.1) is 0 Å². The Balaban J connectivity index is 3.30. The van der Waals surface area contributed by atoms with Crippen molar-refractivity contribution in [2.24, 2.45) is 0 Å². The number of carbonyl (C=O) groups excluding carboxylic acids is 2. The summed E-state index contributed by atoms with van der Waals surface area (Å²) in [7, 11) is -4.65. The minimum atomic E-state index is -4.65. The number of ether oxygens (including phenoxy) is 6. The Morgan fingerprint density at radius 3 is 1.79 bits per heavy atom. The summed E-state index contributed by atoms with van der Waals surface area (Å²) in [6, 6.07) is 0. The van der Waals surface area contributed by atoms with E-state index in [1.807, 2.05) is 0 Å². The van der Waals surface area contributed by atoms with Gasteiger partial charge in [0, 0.05) is 0 Å². The summed E-state index contributed by atoms with van der Waals surface area (Å²) in [5.74, 6) is -0.477. The summed E-state index contributed by atoms with van der Waals surface area (Å²) < 4.78 is 40.5. The summed E-state index contributed by atoms with van der Waals surface area (Å²) in [5.41, 5.74) is 0.248. The number of carbonyl (C=O) groups is 2. The van der Waals surface area contributed by atoms with Crippen LogP contribution < -0.4 is 5.09 Å². The first-order valence-corrected chi connectivity index (χ1v) is 10.0. The molecule has 0 aliphatic carbocycles. The second-order valence-corrected chi connectivity index (χ2v) is 6.32. The number of hydrogen-bond donors (Lipinski definition) is 3. The first-order chi connectivity index (χ1) is 13.3. The van der Waals surface area contributed by atoms with Crippen LogP contribution in [-0.4, -0.2) is 87.9 Å². The van der Waals surface area contributed by atoms with Crippen LogP contribution in [0.1, 0.15) is 6.92 Å². The Morgan fingerprint density at radius 2 is 1.32 bits per heavy atom. The Labute approximate surface area is 163 Å². The lowest BCUT2D eigenvalue weighted by Gasteiger charge is -2.09. The highest BCUT2D eigenvalue weighted by Gasteiger charge is 2.17. The van der Waals surface area contributed by atoms with E-state index in [2.05, 4.69) is 11.3 Å². The molecule has 0 aromatic rings. The van der Waals surface area contributed by atoms with E-state index in [9.17, 15) is 14.2 Å².